The number of hydrogen-bond donors (Lipinski definition) is 1. The average Bonchev–Trinajstić information content (AvgIpc) is 2.45. The van der Waals surface area contributed by atoms with Crippen LogP contribution in [0, 0.1) is 0 Å². The van der Waals surface area contributed by atoms with E-state index < -0.39 is 0 Å². The van der Waals surface area contributed by atoms with Crippen LogP contribution in [0.1, 0.15) is 58.4 Å². The third-order valence-corrected chi connectivity index (χ3v) is 4.74. The maximum Gasteiger partial charge on any atom is 0.122 e. The van der Waals surface area contributed by atoms with Gasteiger partial charge >= 0.3 is 0 Å². The second kappa shape index (κ2) is 6.58. The Bertz CT molecular complexity index is 473. The van der Waals surface area contributed by atoms with Crippen molar-refractivity contribution in [2.24, 2.45) is 0 Å². The highest BCUT2D eigenvalue weighted by atomic mass is 35.5. The largest absolute Gasteiger partial charge is 0.496 e. The van der Waals surface area contributed by atoms with Crippen LogP contribution in [0.5, 0.6) is 5.75 Å². The molecule has 0 aliphatic heterocycles. The summed E-state index contributed by atoms with van der Waals surface area (Å²) in [5.74, 6) is 0.969. The fourth-order valence-corrected chi connectivity index (χ4v) is 3.47. The topological polar surface area (TPSA) is 21.3 Å². The van der Waals surface area contributed by atoms with Crippen molar-refractivity contribution in [2.75, 3.05) is 13.7 Å². The first kappa shape index (κ1) is 16.6. The van der Waals surface area contributed by atoms with Crippen molar-refractivity contribution in [3.8, 4) is 5.75 Å². The molecular weight excluding hydrogens is 282 g/mol. The molecule has 1 aliphatic rings. The van der Waals surface area contributed by atoms with E-state index in [0.29, 0.717) is 0 Å². The summed E-state index contributed by atoms with van der Waals surface area (Å²) in [6, 6.07) is 6.03. The molecule has 0 bridgehead atoms. The minimum Gasteiger partial charge on any atom is -0.496 e. The van der Waals surface area contributed by atoms with Crippen molar-refractivity contribution in [3.63, 3.8) is 0 Å². The van der Waals surface area contributed by atoms with Gasteiger partial charge in [-0.25, -0.2) is 0 Å². The maximum absolute atomic E-state index is 6.27. The standard InChI is InChI=1S/C18H28ClNO/c1-17(2,3)20-13-18(10-6-5-7-11-18)15-12-14(19)8-9-16(15)21-4/h8-9,12,20H,5-7,10-11,13H2,1-4H3. The van der Waals surface area contributed by atoms with Gasteiger partial charge in [0, 0.05) is 28.1 Å². The van der Waals surface area contributed by atoms with Crippen molar-refractivity contribution in [3.05, 3.63) is 28.8 Å². The summed E-state index contributed by atoms with van der Waals surface area (Å²) in [5.41, 5.74) is 1.53. The summed E-state index contributed by atoms with van der Waals surface area (Å²) in [7, 11) is 1.75. The molecule has 1 fully saturated rings. The Morgan fingerprint density at radius 2 is 1.86 bits per heavy atom. The van der Waals surface area contributed by atoms with Crippen molar-refractivity contribution < 1.29 is 4.74 Å². The van der Waals surface area contributed by atoms with Crippen LogP contribution >= 0.6 is 11.6 Å². The minimum atomic E-state index is 0.121. The highest BCUT2D eigenvalue weighted by Crippen LogP contribution is 2.44. The summed E-state index contributed by atoms with van der Waals surface area (Å²) in [5, 5.41) is 4.50. The molecular formula is C18H28ClNO. The molecule has 21 heavy (non-hydrogen) atoms. The van der Waals surface area contributed by atoms with Gasteiger partial charge in [-0.05, 0) is 51.8 Å². The summed E-state index contributed by atoms with van der Waals surface area (Å²) in [4.78, 5) is 0. The van der Waals surface area contributed by atoms with Gasteiger partial charge in [-0.2, -0.15) is 0 Å². The molecule has 2 rings (SSSR count). The lowest BCUT2D eigenvalue weighted by Crippen LogP contribution is -2.47. The first-order chi connectivity index (χ1) is 9.86. The smallest absolute Gasteiger partial charge is 0.122 e. The molecule has 1 N–H and O–H groups in total. The fraction of sp³-hybridized carbons (Fsp3) is 0.667. The fourth-order valence-electron chi connectivity index (χ4n) is 3.30. The molecule has 0 spiro atoms. The quantitative estimate of drug-likeness (QED) is 0.850. The Balaban J connectivity index is 2.37. The van der Waals surface area contributed by atoms with Crippen LogP contribution in [0.2, 0.25) is 5.02 Å². The SMILES string of the molecule is COc1ccc(Cl)cc1C1(CNC(C)(C)C)CCCCC1. The van der Waals surface area contributed by atoms with Gasteiger partial charge in [-0.1, -0.05) is 30.9 Å². The van der Waals surface area contributed by atoms with Crippen molar-refractivity contribution in [2.45, 2.75) is 63.8 Å². The molecule has 0 atom stereocenters. The van der Waals surface area contributed by atoms with E-state index in [1.165, 1.54) is 37.7 Å². The van der Waals surface area contributed by atoms with Gasteiger partial charge in [0.2, 0.25) is 0 Å². The van der Waals surface area contributed by atoms with Crippen molar-refractivity contribution >= 4 is 11.6 Å². The number of rotatable bonds is 4. The van der Waals surface area contributed by atoms with Gasteiger partial charge < -0.3 is 10.1 Å². The number of benzene rings is 1. The van der Waals surface area contributed by atoms with E-state index in [9.17, 15) is 0 Å². The van der Waals surface area contributed by atoms with Crippen molar-refractivity contribution in [1.29, 1.82) is 0 Å². The zero-order chi connectivity index (χ0) is 15.5. The first-order valence-corrected chi connectivity index (χ1v) is 8.33. The molecule has 0 amide bonds. The predicted octanol–water partition coefficient (Wildman–Crippen LogP) is 4.94. The van der Waals surface area contributed by atoms with E-state index in [1.54, 1.807) is 7.11 Å². The number of ether oxygens (including phenoxy) is 1. The lowest BCUT2D eigenvalue weighted by molar-refractivity contribution is 0.246. The molecule has 0 heterocycles. The van der Waals surface area contributed by atoms with E-state index in [-0.39, 0.29) is 11.0 Å². The summed E-state index contributed by atoms with van der Waals surface area (Å²) < 4.78 is 5.62. The Labute approximate surface area is 134 Å². The van der Waals surface area contributed by atoms with Gasteiger partial charge in [0.1, 0.15) is 5.75 Å². The van der Waals surface area contributed by atoms with Crippen molar-refractivity contribution in [1.82, 2.24) is 5.32 Å². The van der Waals surface area contributed by atoms with Crippen LogP contribution in [0.3, 0.4) is 0 Å². The van der Waals surface area contributed by atoms with Crippen LogP contribution in [-0.4, -0.2) is 19.2 Å². The molecule has 0 aromatic heterocycles. The third-order valence-electron chi connectivity index (χ3n) is 4.50. The Morgan fingerprint density at radius 3 is 2.43 bits per heavy atom. The van der Waals surface area contributed by atoms with Crippen LogP contribution in [0.25, 0.3) is 0 Å². The second-order valence-electron chi connectivity index (χ2n) is 7.29. The van der Waals surface area contributed by atoms with Gasteiger partial charge in [0.25, 0.3) is 0 Å². The maximum atomic E-state index is 6.27. The molecule has 0 unspecified atom stereocenters. The summed E-state index contributed by atoms with van der Waals surface area (Å²) in [6.45, 7) is 7.64. The van der Waals surface area contributed by atoms with Crippen LogP contribution in [0.15, 0.2) is 18.2 Å². The normalized spacial score (nSPS) is 18.5. The predicted molar refractivity (Wildman–Crippen MR) is 90.5 cm³/mol. The Morgan fingerprint density at radius 1 is 1.19 bits per heavy atom. The molecule has 0 saturated heterocycles. The molecule has 118 valence electrons. The van der Waals surface area contributed by atoms with Gasteiger partial charge in [-0.15, -0.1) is 0 Å². The Kier molecular flexibility index (Phi) is 5.21. The number of halogens is 1. The molecule has 2 nitrogen and oxygen atoms in total. The van der Waals surface area contributed by atoms with Crippen LogP contribution in [0.4, 0.5) is 0 Å². The number of methoxy groups -OCH3 is 1. The van der Waals surface area contributed by atoms with Crippen LogP contribution in [-0.2, 0) is 5.41 Å². The summed E-state index contributed by atoms with van der Waals surface area (Å²) >= 11 is 6.27. The zero-order valence-electron chi connectivity index (χ0n) is 13.8. The van der Waals surface area contributed by atoms with E-state index in [2.05, 4.69) is 32.2 Å². The lowest BCUT2D eigenvalue weighted by atomic mass is 9.68. The molecule has 3 heteroatoms. The van der Waals surface area contributed by atoms with E-state index in [0.717, 1.165) is 17.3 Å². The molecule has 1 aliphatic carbocycles. The third kappa shape index (κ3) is 4.14. The molecule has 0 radical (unpaired) electrons. The Hall–Kier alpha value is -0.730. The van der Waals surface area contributed by atoms with E-state index in [4.69, 9.17) is 16.3 Å². The van der Waals surface area contributed by atoms with Gasteiger partial charge in [0.05, 0.1) is 7.11 Å². The highest BCUT2D eigenvalue weighted by molar-refractivity contribution is 6.30. The number of nitrogens with one attached hydrogen (secondary N) is 1. The van der Waals surface area contributed by atoms with E-state index in [1.807, 2.05) is 12.1 Å². The summed E-state index contributed by atoms with van der Waals surface area (Å²) in [6.07, 6.45) is 6.29. The molecule has 1 saturated carbocycles. The zero-order valence-corrected chi connectivity index (χ0v) is 14.5. The second-order valence-corrected chi connectivity index (χ2v) is 7.73. The number of hydrogen-bond acceptors (Lipinski definition) is 2. The van der Waals surface area contributed by atoms with Gasteiger partial charge in [0.15, 0.2) is 0 Å². The monoisotopic (exact) mass is 309 g/mol. The average molecular weight is 310 g/mol. The highest BCUT2D eigenvalue weighted by Gasteiger charge is 2.37. The first-order valence-electron chi connectivity index (χ1n) is 7.95. The molecule has 1 aromatic carbocycles. The van der Waals surface area contributed by atoms with E-state index >= 15 is 0 Å². The lowest BCUT2D eigenvalue weighted by Gasteiger charge is -2.41. The van der Waals surface area contributed by atoms with Crippen LogP contribution < -0.4 is 10.1 Å². The minimum absolute atomic E-state index is 0.121. The molecule has 1 aromatic rings. The van der Waals surface area contributed by atoms with Gasteiger partial charge in [-0.3, -0.25) is 0 Å².